The van der Waals surface area contributed by atoms with Crippen molar-refractivity contribution in [2.45, 2.75) is 188 Å². The largest absolute Gasteiger partial charge is 0.390 e. The molecule has 4 aromatic carbocycles. The molecule has 6 atom stereocenters. The maximum absolute atomic E-state index is 11.8. The van der Waals surface area contributed by atoms with Gasteiger partial charge in [0.05, 0.1) is 98.0 Å². The van der Waals surface area contributed by atoms with Crippen LogP contribution < -0.4 is 31.7 Å². The van der Waals surface area contributed by atoms with Gasteiger partial charge < -0.3 is 31.7 Å². The number of carbonyl (C=O) groups excluding carboxylic acids is 2. The van der Waals surface area contributed by atoms with Gasteiger partial charge in [0.15, 0.2) is 0 Å². The van der Waals surface area contributed by atoms with Crippen LogP contribution in [0.1, 0.15) is 198 Å². The maximum atomic E-state index is 11.8. The number of sulfonamides is 1. The molecule has 0 bridgehead atoms. The van der Waals surface area contributed by atoms with Gasteiger partial charge in [0.2, 0.25) is 33.8 Å². The molecule has 0 aliphatic heterocycles. The van der Waals surface area contributed by atoms with Crippen molar-refractivity contribution >= 4 is 62.8 Å². The second-order valence-corrected chi connectivity index (χ2v) is 35.2. The Hall–Kier alpha value is -12.2. The predicted molar refractivity (Wildman–Crippen MR) is 458 cm³/mol. The second kappa shape index (κ2) is 41.4. The number of carbonyl (C=O) groups is 2. The van der Waals surface area contributed by atoms with Crippen molar-refractivity contribution in [3.63, 3.8) is 0 Å². The number of hydrogen-bond acceptors (Lipinski definition) is 26. The molecular formula is C90H104ClN23O5S. The molecule has 5 heterocycles. The summed E-state index contributed by atoms with van der Waals surface area (Å²) >= 11 is 6.03. The summed E-state index contributed by atoms with van der Waals surface area (Å²) in [7, 11) is -3.84. The molecular weight excluding hydrogens is 1550 g/mol. The Morgan fingerprint density at radius 1 is 0.567 bits per heavy atom. The average Bonchev–Trinajstić information content (AvgIpc) is 0.833. The third kappa shape index (κ3) is 25.2. The maximum Gasteiger partial charge on any atom is 0.238 e. The Balaban J connectivity index is 0.000000168. The molecule has 0 amide bonds. The van der Waals surface area contributed by atoms with Crippen molar-refractivity contribution in [2.24, 2.45) is 51.5 Å². The quantitative estimate of drug-likeness (QED) is 0.0239. The normalized spacial score (nSPS) is 19.7. The first-order chi connectivity index (χ1) is 57.4. The molecule has 5 aromatic heterocycles. The van der Waals surface area contributed by atoms with Gasteiger partial charge >= 0.3 is 0 Å². The van der Waals surface area contributed by atoms with Crippen molar-refractivity contribution in [1.29, 1.82) is 31.6 Å². The number of hydrogen-bond donors (Lipinski definition) is 7. The molecule has 28 nitrogen and oxygen atoms in total. The van der Waals surface area contributed by atoms with Crippen molar-refractivity contribution < 1.29 is 23.1 Å². The van der Waals surface area contributed by atoms with Crippen LogP contribution in [0.3, 0.4) is 0 Å². The van der Waals surface area contributed by atoms with Gasteiger partial charge in [-0.15, -0.1) is 0 Å². The summed E-state index contributed by atoms with van der Waals surface area (Å²) in [6.45, 7) is 20.5. The summed E-state index contributed by atoms with van der Waals surface area (Å²) in [5, 5.41) is 91.8. The summed E-state index contributed by atoms with van der Waals surface area (Å²) in [4.78, 5) is 62.6. The lowest BCUT2D eigenvalue weighted by atomic mass is 9.57. The van der Waals surface area contributed by atoms with Gasteiger partial charge in [-0.05, 0) is 242 Å². The van der Waals surface area contributed by atoms with E-state index in [0.717, 1.165) is 123 Å². The average molecular weight is 1660 g/mol. The second-order valence-electron chi connectivity index (χ2n) is 33.2. The molecule has 0 spiro atoms. The van der Waals surface area contributed by atoms with Gasteiger partial charge in [-0.2, -0.15) is 41.7 Å². The zero-order chi connectivity index (χ0) is 86.3. The molecule has 0 unspecified atom stereocenters. The number of ketones is 2. The number of rotatable bonds is 28. The summed E-state index contributed by atoms with van der Waals surface area (Å²) < 4.78 is 25.5. The van der Waals surface area contributed by atoms with E-state index in [1.54, 1.807) is 73.8 Å². The molecule has 30 heteroatoms. The fourth-order valence-electron chi connectivity index (χ4n) is 16.0. The Kier molecular flexibility index (Phi) is 31.1. The van der Waals surface area contributed by atoms with E-state index in [1.165, 1.54) is 30.3 Å². The van der Waals surface area contributed by atoms with Crippen molar-refractivity contribution in [3.8, 4) is 42.1 Å². The highest BCUT2D eigenvalue weighted by Gasteiger charge is 2.51. The van der Waals surface area contributed by atoms with Gasteiger partial charge in [-0.3, -0.25) is 9.59 Å². The third-order valence-corrected chi connectivity index (χ3v) is 24.8. The number of benzene rings is 4. The van der Waals surface area contributed by atoms with Crippen LogP contribution in [-0.4, -0.2) is 118 Å². The molecule has 4 aliphatic rings. The molecule has 4 fully saturated rings. The molecule has 622 valence electrons. The number of nitrogens with zero attached hydrogens (tertiary/aromatic N) is 17. The lowest BCUT2D eigenvalue weighted by molar-refractivity contribution is -0.130. The van der Waals surface area contributed by atoms with E-state index in [1.807, 2.05) is 50.2 Å². The van der Waals surface area contributed by atoms with E-state index >= 15 is 0 Å². The first-order valence-corrected chi connectivity index (χ1v) is 42.5. The number of nitrogens with one attached hydrogen (secondary N) is 5. The number of aliphatic hydroxyl groups is 1. The predicted octanol–water partition coefficient (Wildman–Crippen LogP) is 14.0. The van der Waals surface area contributed by atoms with Gasteiger partial charge in [0, 0.05) is 49.1 Å². The minimum absolute atomic E-state index is 0.0254. The zero-order valence-electron chi connectivity index (χ0n) is 69.5. The van der Waals surface area contributed by atoms with Crippen LogP contribution in [0.25, 0.3) is 5.69 Å². The topological polar surface area (TPSA) is 451 Å². The van der Waals surface area contributed by atoms with E-state index in [9.17, 15) is 44.2 Å². The van der Waals surface area contributed by atoms with Crippen molar-refractivity contribution in [2.75, 3.05) is 52.8 Å². The van der Waals surface area contributed by atoms with E-state index in [0.29, 0.717) is 143 Å². The van der Waals surface area contributed by atoms with E-state index in [2.05, 4.69) is 160 Å². The summed E-state index contributed by atoms with van der Waals surface area (Å²) in [5.41, 5.74) is 9.86. The molecule has 9 aromatic rings. The Morgan fingerprint density at radius 2 is 1.02 bits per heavy atom. The molecule has 4 saturated carbocycles. The standard InChI is InChI=1S/C24H29N7O.C23H30ClN5O2S.C22H24N6O.C21H21N5O/c1-17-28-16-29-31(17)21-7-5-18(6-8-21)9-11-26-23-27-15-20(14-25)22(30-23)12-19-4-3-10-24(2,32)13-19;1-15-4-5-16(12-23(15,2)3)10-20-18(13-25)14-28-22(29-20)27-9-8-17-11-19(24)6-7-21(17)32(26,30)31;1-14(29)18-10-19(22(18,2)3)27-20-17(12-24)13-26-21(28-20)25-9-8-15-4-6-16(11-23)7-5-15;1-14(27)18-8-17(9-18)10-20-19(12-23)13-25-21(26-20)24-7-6-15-2-4-16(11-22)5-3-15/h5-8,15-16,19,32H,3-4,9-13H2,1-2H3,(H,26,27,30);6-7,11,14-16H,4-5,8-10,12H2,1-3H3,(H2,26,30,31)(H,27,28,29);4-7,13,18-19H,8-10H2,1-3H3,(H2,25,26,27,28);2-5,13,17-18H,6-10H2,1H3,(H,24,25,26)/t19-,24+;15-,16-;18-,19-;/m001./s1. The van der Waals surface area contributed by atoms with Gasteiger partial charge in [0.25, 0.3) is 0 Å². The Morgan fingerprint density at radius 3 is 1.45 bits per heavy atom. The summed E-state index contributed by atoms with van der Waals surface area (Å²) in [6.07, 6.45) is 22.2. The number of nitrogens with two attached hydrogens (primary N) is 1. The smallest absolute Gasteiger partial charge is 0.238 e. The highest BCUT2D eigenvalue weighted by Crippen LogP contribution is 2.49. The van der Waals surface area contributed by atoms with Crippen LogP contribution in [0.2, 0.25) is 5.02 Å². The lowest BCUT2D eigenvalue weighted by Gasteiger charge is -2.51. The van der Waals surface area contributed by atoms with Crippen LogP contribution in [0.4, 0.5) is 29.6 Å². The van der Waals surface area contributed by atoms with E-state index in [4.69, 9.17) is 27.3 Å². The van der Waals surface area contributed by atoms with Crippen molar-refractivity contribution in [3.05, 3.63) is 206 Å². The molecule has 13 rings (SSSR count). The fraction of sp³-hybridized carbons (Fsp3) is 0.444. The van der Waals surface area contributed by atoms with Gasteiger partial charge in [-0.1, -0.05) is 89.0 Å². The number of halogens is 1. The molecule has 0 radical (unpaired) electrons. The lowest BCUT2D eigenvalue weighted by Crippen LogP contribution is -2.56. The fourth-order valence-corrected chi connectivity index (χ4v) is 17.0. The van der Waals surface area contributed by atoms with Crippen LogP contribution >= 0.6 is 11.6 Å². The number of Topliss-reactive ketones (excluding diaryl/α,β-unsaturated/α-hetero) is 2. The SMILES string of the molecule is CC(=O)C1CC(Cc2nc(NCCc3ccc(C#N)cc3)ncc2C#N)C1.CC(=O)[C@H]1C[C@@H](Nc2nc(NCCc3ccc(C#N)cc3)ncc2C#N)C1(C)C.C[C@H]1CC[C@@H](Cc2nc(NCCc3cc(Cl)ccc3S(N)(=O)=O)ncc2C#N)CC1(C)C.Cc1ncnn1-c1ccc(CCNc2ncc(C#N)c(C[C@@H]3CCC[C@@](C)(O)C3)n2)cc1. The zero-order valence-corrected chi connectivity index (χ0v) is 71.1. The van der Waals surface area contributed by atoms with E-state index < -0.39 is 15.6 Å². The number of aromatic nitrogens is 11. The van der Waals surface area contributed by atoms with Crippen LogP contribution in [0.5, 0.6) is 0 Å². The number of nitriles is 6. The van der Waals surface area contributed by atoms with Gasteiger partial charge in [-0.25, -0.2) is 58.1 Å². The Bertz CT molecular complexity index is 5460. The summed E-state index contributed by atoms with van der Waals surface area (Å²) in [6, 6.07) is 40.7. The monoisotopic (exact) mass is 1650 g/mol. The number of anilines is 5. The van der Waals surface area contributed by atoms with Gasteiger partial charge in [0.1, 0.15) is 59.4 Å². The Labute approximate surface area is 708 Å². The number of aryl methyl sites for hydroxylation is 1. The number of primary sulfonamides is 1. The molecule has 0 saturated heterocycles. The van der Waals surface area contributed by atoms with Crippen molar-refractivity contribution in [1.82, 2.24) is 54.6 Å². The van der Waals surface area contributed by atoms with Crippen LogP contribution in [0, 0.1) is 121 Å². The minimum Gasteiger partial charge on any atom is -0.390 e. The molecule has 120 heavy (non-hydrogen) atoms. The highest BCUT2D eigenvalue weighted by molar-refractivity contribution is 7.89. The molecule has 4 aliphatic carbocycles. The molecule has 8 N–H and O–H groups in total. The van der Waals surface area contributed by atoms with Crippen LogP contribution in [-0.2, 0) is 64.6 Å². The highest BCUT2D eigenvalue weighted by atomic mass is 35.5. The first kappa shape index (κ1) is 90.1. The summed E-state index contributed by atoms with van der Waals surface area (Å²) in [5.74, 6) is 5.82. The van der Waals surface area contributed by atoms with Crippen LogP contribution in [0.15, 0.2) is 127 Å². The minimum atomic E-state index is -3.84. The first-order valence-electron chi connectivity index (χ1n) is 40.6. The van der Waals surface area contributed by atoms with E-state index in [-0.39, 0.29) is 45.2 Å². The third-order valence-electron chi connectivity index (χ3n) is 23.6.